The quantitative estimate of drug-likeness (QED) is 0.0745. The predicted molar refractivity (Wildman–Crippen MR) is 125 cm³/mol. The molecule has 0 aliphatic carbocycles. The maximum atomic E-state index is 11.7. The fourth-order valence-electron chi connectivity index (χ4n) is 3.42. The summed E-state index contributed by atoms with van der Waals surface area (Å²) in [6.07, 6.45) is 24.6. The van der Waals surface area contributed by atoms with E-state index in [0.717, 1.165) is 12.8 Å². The lowest BCUT2D eigenvalue weighted by molar-refractivity contribution is -0.139. The second kappa shape index (κ2) is 23.2. The van der Waals surface area contributed by atoms with Crippen molar-refractivity contribution in [2.75, 3.05) is 19.8 Å². The minimum absolute atomic E-state index is 0.212. The van der Waals surface area contributed by atoms with Crippen molar-refractivity contribution in [1.82, 2.24) is 0 Å². The van der Waals surface area contributed by atoms with Gasteiger partial charge < -0.3 is 9.47 Å². The van der Waals surface area contributed by atoms with Crippen molar-refractivity contribution < 1.29 is 14.3 Å². The van der Waals surface area contributed by atoms with Gasteiger partial charge in [0.2, 0.25) is 0 Å². The molecule has 0 aromatic heterocycles. The van der Waals surface area contributed by atoms with Gasteiger partial charge in [0.25, 0.3) is 0 Å². The molecule has 0 aliphatic heterocycles. The van der Waals surface area contributed by atoms with Crippen LogP contribution < -0.4 is 0 Å². The Morgan fingerprint density at radius 2 is 1.14 bits per heavy atom. The van der Waals surface area contributed by atoms with Crippen molar-refractivity contribution in [2.24, 2.45) is 0 Å². The molecule has 0 N–H and O–H groups in total. The lowest BCUT2D eigenvalue weighted by Crippen LogP contribution is -2.12. The fourth-order valence-corrected chi connectivity index (χ4v) is 3.42. The molecule has 0 bridgehead atoms. The third kappa shape index (κ3) is 21.4. The van der Waals surface area contributed by atoms with Gasteiger partial charge in [-0.2, -0.15) is 0 Å². The van der Waals surface area contributed by atoms with Gasteiger partial charge in [0.1, 0.15) is 0 Å². The van der Waals surface area contributed by atoms with Crippen molar-refractivity contribution in [3.05, 3.63) is 24.8 Å². The molecule has 0 aromatic rings. The first-order valence-electron chi connectivity index (χ1n) is 12.3. The van der Waals surface area contributed by atoms with Crippen LogP contribution in [0.15, 0.2) is 24.8 Å². The van der Waals surface area contributed by atoms with E-state index in [2.05, 4.69) is 20.1 Å². The van der Waals surface area contributed by atoms with Gasteiger partial charge in [-0.15, -0.1) is 6.58 Å². The van der Waals surface area contributed by atoms with Crippen molar-refractivity contribution in [1.29, 1.82) is 0 Å². The molecule has 170 valence electrons. The van der Waals surface area contributed by atoms with Gasteiger partial charge in [-0.05, 0) is 6.42 Å². The van der Waals surface area contributed by atoms with Crippen molar-refractivity contribution in [2.45, 2.75) is 116 Å². The second-order valence-corrected chi connectivity index (χ2v) is 8.20. The molecule has 0 rings (SSSR count). The first-order chi connectivity index (χ1) is 14.2. The summed E-state index contributed by atoms with van der Waals surface area (Å²) in [5.41, 5.74) is 0.374. The van der Waals surface area contributed by atoms with Crippen molar-refractivity contribution >= 4 is 5.97 Å². The zero-order valence-electron chi connectivity index (χ0n) is 19.4. The van der Waals surface area contributed by atoms with Crippen molar-refractivity contribution in [3.63, 3.8) is 0 Å². The molecule has 0 aliphatic rings. The van der Waals surface area contributed by atoms with Crippen LogP contribution in [0.4, 0.5) is 0 Å². The third-order valence-corrected chi connectivity index (χ3v) is 5.28. The number of hydrogen-bond acceptors (Lipinski definition) is 3. The van der Waals surface area contributed by atoms with E-state index in [0.29, 0.717) is 18.8 Å². The van der Waals surface area contributed by atoms with Gasteiger partial charge in [0.05, 0.1) is 25.4 Å². The standard InChI is InChI=1S/C26H48O3/c1-4-6-7-8-9-10-11-12-13-14-15-16-17-18-19-20-21-23-29-26(27)25(3)24-28-22-5-2/h5H,2-4,6-24H2,1H3. The molecule has 0 heterocycles. The first kappa shape index (κ1) is 27.9. The predicted octanol–water partition coefficient (Wildman–Crippen LogP) is 7.94. The molecular weight excluding hydrogens is 360 g/mol. The van der Waals surface area contributed by atoms with Crippen LogP contribution in [-0.2, 0) is 14.3 Å². The van der Waals surface area contributed by atoms with Gasteiger partial charge in [-0.25, -0.2) is 4.79 Å². The van der Waals surface area contributed by atoms with Crippen LogP contribution >= 0.6 is 0 Å². The molecule has 0 amide bonds. The Bertz CT molecular complexity index is 389. The van der Waals surface area contributed by atoms with Crippen LogP contribution in [0.5, 0.6) is 0 Å². The molecule has 29 heavy (non-hydrogen) atoms. The average Bonchev–Trinajstić information content (AvgIpc) is 2.72. The molecule has 0 atom stereocenters. The zero-order chi connectivity index (χ0) is 21.4. The highest BCUT2D eigenvalue weighted by molar-refractivity contribution is 5.87. The normalized spacial score (nSPS) is 10.8. The number of ether oxygens (including phenoxy) is 2. The lowest BCUT2D eigenvalue weighted by atomic mass is 10.0. The highest BCUT2D eigenvalue weighted by Crippen LogP contribution is 2.14. The SMILES string of the molecule is C=CCOCC(=C)C(=O)OCCCCCCCCCCCCCCCCCCC. The van der Waals surface area contributed by atoms with E-state index in [4.69, 9.17) is 9.47 Å². The van der Waals surface area contributed by atoms with E-state index in [-0.39, 0.29) is 12.6 Å². The molecule has 0 saturated heterocycles. The maximum absolute atomic E-state index is 11.7. The van der Waals surface area contributed by atoms with Crippen LogP contribution in [0.3, 0.4) is 0 Å². The molecule has 0 spiro atoms. The first-order valence-corrected chi connectivity index (χ1v) is 12.3. The smallest absolute Gasteiger partial charge is 0.335 e. The average molecular weight is 409 g/mol. The molecule has 0 radical (unpaired) electrons. The van der Waals surface area contributed by atoms with Gasteiger partial charge >= 0.3 is 5.97 Å². The van der Waals surface area contributed by atoms with Gasteiger partial charge in [-0.3, -0.25) is 0 Å². The summed E-state index contributed by atoms with van der Waals surface area (Å²) in [5, 5.41) is 0. The summed E-state index contributed by atoms with van der Waals surface area (Å²) in [6.45, 7) is 10.6. The third-order valence-electron chi connectivity index (χ3n) is 5.28. The zero-order valence-corrected chi connectivity index (χ0v) is 19.4. The monoisotopic (exact) mass is 408 g/mol. The van der Waals surface area contributed by atoms with Crippen LogP contribution in [0.1, 0.15) is 116 Å². The van der Waals surface area contributed by atoms with E-state index < -0.39 is 0 Å². The molecular formula is C26H48O3. The lowest BCUT2D eigenvalue weighted by Gasteiger charge is -2.07. The molecule has 3 heteroatoms. The molecule has 3 nitrogen and oxygen atoms in total. The Morgan fingerprint density at radius 1 is 0.724 bits per heavy atom. The van der Waals surface area contributed by atoms with E-state index >= 15 is 0 Å². The summed E-state index contributed by atoms with van der Waals surface area (Å²) < 4.78 is 10.4. The van der Waals surface area contributed by atoms with Gasteiger partial charge in [0, 0.05) is 0 Å². The Morgan fingerprint density at radius 3 is 1.55 bits per heavy atom. The number of carbonyl (C=O) groups excluding carboxylic acids is 1. The largest absolute Gasteiger partial charge is 0.462 e. The topological polar surface area (TPSA) is 35.5 Å². The maximum Gasteiger partial charge on any atom is 0.335 e. The summed E-state index contributed by atoms with van der Waals surface area (Å²) in [6, 6.07) is 0. The molecule has 0 fully saturated rings. The second-order valence-electron chi connectivity index (χ2n) is 8.20. The Hall–Kier alpha value is -1.09. The van der Waals surface area contributed by atoms with Crippen LogP contribution in [-0.4, -0.2) is 25.8 Å². The summed E-state index contributed by atoms with van der Waals surface area (Å²) in [5.74, 6) is -0.342. The minimum Gasteiger partial charge on any atom is -0.462 e. The summed E-state index contributed by atoms with van der Waals surface area (Å²) in [7, 11) is 0. The number of hydrogen-bond donors (Lipinski definition) is 0. The van der Waals surface area contributed by atoms with E-state index in [9.17, 15) is 4.79 Å². The molecule has 0 aromatic carbocycles. The number of unbranched alkanes of at least 4 members (excludes halogenated alkanes) is 16. The van der Waals surface area contributed by atoms with Crippen LogP contribution in [0.2, 0.25) is 0 Å². The number of rotatable bonds is 23. The van der Waals surface area contributed by atoms with E-state index in [1.165, 1.54) is 96.3 Å². The number of carbonyl (C=O) groups is 1. The number of esters is 1. The highest BCUT2D eigenvalue weighted by atomic mass is 16.5. The molecule has 0 saturated carbocycles. The van der Waals surface area contributed by atoms with Gasteiger partial charge in [0.15, 0.2) is 0 Å². The van der Waals surface area contributed by atoms with Crippen LogP contribution in [0, 0.1) is 0 Å². The fraction of sp³-hybridized carbons (Fsp3) is 0.808. The summed E-state index contributed by atoms with van der Waals surface area (Å²) >= 11 is 0. The Labute approximate surface area is 181 Å². The van der Waals surface area contributed by atoms with E-state index in [1.54, 1.807) is 6.08 Å². The molecule has 0 unspecified atom stereocenters. The van der Waals surface area contributed by atoms with Crippen molar-refractivity contribution in [3.8, 4) is 0 Å². The summed E-state index contributed by atoms with van der Waals surface area (Å²) in [4.78, 5) is 11.7. The van der Waals surface area contributed by atoms with Gasteiger partial charge in [-0.1, -0.05) is 122 Å². The van der Waals surface area contributed by atoms with E-state index in [1.807, 2.05) is 0 Å². The highest BCUT2D eigenvalue weighted by Gasteiger charge is 2.07. The van der Waals surface area contributed by atoms with Crippen LogP contribution in [0.25, 0.3) is 0 Å². The Kier molecular flexibility index (Phi) is 22.3. The Balaban J connectivity index is 3.19. The minimum atomic E-state index is -0.342.